The Hall–Kier alpha value is -1.10. The minimum atomic E-state index is -0.800. The van der Waals surface area contributed by atoms with Crippen LogP contribution in [0.25, 0.3) is 0 Å². The lowest BCUT2D eigenvalue weighted by Crippen LogP contribution is -2.43. The van der Waals surface area contributed by atoms with Crippen LogP contribution in [-0.4, -0.2) is 48.1 Å². The third-order valence-corrected chi connectivity index (χ3v) is 3.58. The summed E-state index contributed by atoms with van der Waals surface area (Å²) < 4.78 is 0. The zero-order chi connectivity index (χ0) is 13.4. The minimum Gasteiger partial charge on any atom is -0.481 e. The van der Waals surface area contributed by atoms with Crippen LogP contribution < -0.4 is 5.32 Å². The van der Waals surface area contributed by atoms with E-state index in [0.29, 0.717) is 19.1 Å². The normalized spacial score (nSPS) is 17.4. The second kappa shape index (κ2) is 8.08. The number of carbonyl (C=O) groups excluding carboxylic acids is 1. The predicted molar refractivity (Wildman–Crippen MR) is 69.4 cm³/mol. The summed E-state index contributed by atoms with van der Waals surface area (Å²) >= 11 is 0. The molecule has 0 radical (unpaired) electrons. The van der Waals surface area contributed by atoms with Crippen LogP contribution in [0.5, 0.6) is 0 Å². The maximum absolute atomic E-state index is 11.5. The van der Waals surface area contributed by atoms with Crippen LogP contribution in [0.1, 0.15) is 44.9 Å². The van der Waals surface area contributed by atoms with E-state index < -0.39 is 5.97 Å². The molecule has 1 aliphatic carbocycles. The van der Waals surface area contributed by atoms with Gasteiger partial charge in [0, 0.05) is 19.6 Å². The first kappa shape index (κ1) is 15.0. The van der Waals surface area contributed by atoms with Crippen molar-refractivity contribution >= 4 is 11.9 Å². The van der Waals surface area contributed by atoms with Crippen molar-refractivity contribution in [1.82, 2.24) is 10.2 Å². The van der Waals surface area contributed by atoms with Gasteiger partial charge >= 0.3 is 5.97 Å². The molecule has 0 aliphatic heterocycles. The Morgan fingerprint density at radius 3 is 2.33 bits per heavy atom. The first-order valence-corrected chi connectivity index (χ1v) is 6.80. The fourth-order valence-corrected chi connectivity index (χ4v) is 2.52. The molecule has 1 amide bonds. The van der Waals surface area contributed by atoms with Crippen molar-refractivity contribution in [3.63, 3.8) is 0 Å². The van der Waals surface area contributed by atoms with Gasteiger partial charge in [0.2, 0.25) is 5.91 Å². The van der Waals surface area contributed by atoms with E-state index in [4.69, 9.17) is 5.11 Å². The van der Waals surface area contributed by atoms with E-state index in [1.54, 1.807) is 7.05 Å². The summed E-state index contributed by atoms with van der Waals surface area (Å²) in [5.41, 5.74) is 0. The summed E-state index contributed by atoms with van der Waals surface area (Å²) in [5, 5.41) is 11.4. The van der Waals surface area contributed by atoms with Crippen LogP contribution in [0.3, 0.4) is 0 Å². The van der Waals surface area contributed by atoms with Gasteiger partial charge < -0.3 is 10.4 Å². The average molecular weight is 256 g/mol. The van der Waals surface area contributed by atoms with Crippen LogP contribution in [0.2, 0.25) is 0 Å². The van der Waals surface area contributed by atoms with Crippen molar-refractivity contribution < 1.29 is 14.7 Å². The zero-order valence-corrected chi connectivity index (χ0v) is 11.2. The molecule has 5 heteroatoms. The first-order chi connectivity index (χ1) is 8.63. The Bertz CT molecular complexity index is 273. The maximum atomic E-state index is 11.5. The van der Waals surface area contributed by atoms with Gasteiger partial charge in [0.1, 0.15) is 0 Å². The number of amides is 1. The van der Waals surface area contributed by atoms with Crippen molar-refractivity contribution in [2.75, 3.05) is 20.1 Å². The SMILES string of the molecule is CNC(=O)CN(CCC(=O)O)C1CCCCCC1. The van der Waals surface area contributed by atoms with E-state index in [2.05, 4.69) is 5.32 Å². The topological polar surface area (TPSA) is 69.6 Å². The van der Waals surface area contributed by atoms with Crippen LogP contribution >= 0.6 is 0 Å². The number of carboxylic acid groups (broad SMARTS) is 1. The van der Waals surface area contributed by atoms with Gasteiger partial charge in [-0.15, -0.1) is 0 Å². The van der Waals surface area contributed by atoms with Crippen molar-refractivity contribution in [1.29, 1.82) is 0 Å². The first-order valence-electron chi connectivity index (χ1n) is 6.80. The van der Waals surface area contributed by atoms with Gasteiger partial charge in [0.25, 0.3) is 0 Å². The molecule has 0 saturated heterocycles. The highest BCUT2D eigenvalue weighted by Gasteiger charge is 2.22. The number of nitrogens with zero attached hydrogens (tertiary/aromatic N) is 1. The van der Waals surface area contributed by atoms with Crippen LogP contribution in [0.4, 0.5) is 0 Å². The van der Waals surface area contributed by atoms with Crippen LogP contribution in [0, 0.1) is 0 Å². The molecular formula is C13H24N2O3. The number of carboxylic acids is 1. The quantitative estimate of drug-likeness (QED) is 0.701. The van der Waals surface area contributed by atoms with Gasteiger partial charge in [-0.05, 0) is 12.8 Å². The summed E-state index contributed by atoms with van der Waals surface area (Å²) in [6, 6.07) is 0.365. The van der Waals surface area contributed by atoms with E-state index in [0.717, 1.165) is 12.8 Å². The molecule has 2 N–H and O–H groups in total. The van der Waals surface area contributed by atoms with E-state index in [1.807, 2.05) is 4.90 Å². The monoisotopic (exact) mass is 256 g/mol. The molecule has 5 nitrogen and oxygen atoms in total. The second-order valence-corrected chi connectivity index (χ2v) is 4.93. The largest absolute Gasteiger partial charge is 0.481 e. The maximum Gasteiger partial charge on any atom is 0.304 e. The minimum absolute atomic E-state index is 0.0374. The fourth-order valence-electron chi connectivity index (χ4n) is 2.52. The zero-order valence-electron chi connectivity index (χ0n) is 11.2. The Morgan fingerprint density at radius 2 is 1.83 bits per heavy atom. The molecule has 104 valence electrons. The Kier molecular flexibility index (Phi) is 6.72. The standard InChI is InChI=1S/C13H24N2O3/c1-14-12(16)10-15(9-8-13(17)18)11-6-4-2-3-5-7-11/h11H,2-10H2,1H3,(H,14,16)(H,17,18). The molecule has 0 bridgehead atoms. The molecule has 0 unspecified atom stereocenters. The summed E-state index contributed by atoms with van der Waals surface area (Å²) in [6.45, 7) is 0.780. The molecule has 0 atom stereocenters. The van der Waals surface area contributed by atoms with Crippen molar-refractivity contribution in [2.24, 2.45) is 0 Å². The molecular weight excluding hydrogens is 232 g/mol. The molecule has 0 aromatic carbocycles. The number of likely N-dealkylation sites (N-methyl/N-ethyl adjacent to an activating group) is 1. The van der Waals surface area contributed by atoms with Gasteiger partial charge in [-0.25, -0.2) is 0 Å². The molecule has 0 aromatic rings. The number of hydrogen-bond donors (Lipinski definition) is 2. The number of carbonyl (C=O) groups is 2. The number of hydrogen-bond acceptors (Lipinski definition) is 3. The average Bonchev–Trinajstić information content (AvgIpc) is 2.62. The predicted octanol–water partition coefficient (Wildman–Crippen LogP) is 1.23. The van der Waals surface area contributed by atoms with Crippen LogP contribution in [0.15, 0.2) is 0 Å². The molecule has 1 rings (SSSR count). The van der Waals surface area contributed by atoms with E-state index in [-0.39, 0.29) is 12.3 Å². The second-order valence-electron chi connectivity index (χ2n) is 4.93. The summed E-state index contributed by atoms with van der Waals surface area (Å²) in [5.74, 6) is -0.838. The Morgan fingerprint density at radius 1 is 1.22 bits per heavy atom. The lowest BCUT2D eigenvalue weighted by molar-refractivity contribution is -0.138. The van der Waals surface area contributed by atoms with E-state index >= 15 is 0 Å². The van der Waals surface area contributed by atoms with E-state index in [9.17, 15) is 9.59 Å². The fraction of sp³-hybridized carbons (Fsp3) is 0.846. The smallest absolute Gasteiger partial charge is 0.304 e. The van der Waals surface area contributed by atoms with Crippen LogP contribution in [-0.2, 0) is 9.59 Å². The molecule has 1 saturated carbocycles. The number of rotatable bonds is 6. The lowest BCUT2D eigenvalue weighted by atomic mass is 10.1. The number of aliphatic carboxylic acids is 1. The van der Waals surface area contributed by atoms with Crippen molar-refractivity contribution in [3.8, 4) is 0 Å². The van der Waals surface area contributed by atoms with E-state index in [1.165, 1.54) is 25.7 Å². The molecule has 18 heavy (non-hydrogen) atoms. The van der Waals surface area contributed by atoms with Gasteiger partial charge in [0.15, 0.2) is 0 Å². The van der Waals surface area contributed by atoms with Crippen molar-refractivity contribution in [3.05, 3.63) is 0 Å². The summed E-state index contributed by atoms with van der Waals surface area (Å²) in [6.07, 6.45) is 7.14. The lowest BCUT2D eigenvalue weighted by Gasteiger charge is -2.29. The Labute approximate surface area is 109 Å². The highest BCUT2D eigenvalue weighted by atomic mass is 16.4. The Balaban J connectivity index is 2.55. The van der Waals surface area contributed by atoms with Gasteiger partial charge in [-0.2, -0.15) is 0 Å². The third kappa shape index (κ3) is 5.49. The molecule has 0 heterocycles. The third-order valence-electron chi connectivity index (χ3n) is 3.58. The summed E-state index contributed by atoms with van der Waals surface area (Å²) in [7, 11) is 1.62. The molecule has 0 spiro atoms. The highest BCUT2D eigenvalue weighted by molar-refractivity contribution is 5.77. The van der Waals surface area contributed by atoms with Gasteiger partial charge in [0.05, 0.1) is 13.0 Å². The van der Waals surface area contributed by atoms with Gasteiger partial charge in [-0.1, -0.05) is 25.7 Å². The molecule has 1 aliphatic rings. The summed E-state index contributed by atoms with van der Waals surface area (Å²) in [4.78, 5) is 24.2. The highest BCUT2D eigenvalue weighted by Crippen LogP contribution is 2.21. The molecule has 1 fully saturated rings. The van der Waals surface area contributed by atoms with Gasteiger partial charge in [-0.3, -0.25) is 14.5 Å². The van der Waals surface area contributed by atoms with Crippen molar-refractivity contribution in [2.45, 2.75) is 51.0 Å². The molecule has 0 aromatic heterocycles. The number of nitrogens with one attached hydrogen (secondary N) is 1.